The molecule has 3 rings (SSSR count). The van der Waals surface area contributed by atoms with E-state index in [1.807, 2.05) is 22.2 Å². The summed E-state index contributed by atoms with van der Waals surface area (Å²) in [6.07, 6.45) is 4.91. The van der Waals surface area contributed by atoms with Crippen LogP contribution in [0.15, 0.2) is 36.1 Å². The molecule has 0 bridgehead atoms. The minimum atomic E-state index is -0.450. The summed E-state index contributed by atoms with van der Waals surface area (Å²) in [6, 6.07) is 2.61. The quantitative estimate of drug-likeness (QED) is 0.680. The first-order chi connectivity index (χ1) is 8.72. The zero-order valence-corrected chi connectivity index (χ0v) is 10.0. The van der Waals surface area contributed by atoms with Crippen molar-refractivity contribution in [3.63, 3.8) is 0 Å². The van der Waals surface area contributed by atoms with E-state index in [4.69, 9.17) is 0 Å². The topological polar surface area (TPSA) is 47.3 Å². The minimum Gasteiger partial charge on any atom is -0.297 e. The Morgan fingerprint density at radius 3 is 3.06 bits per heavy atom. The van der Waals surface area contributed by atoms with Gasteiger partial charge in [-0.05, 0) is 12.1 Å². The molecule has 18 heavy (non-hydrogen) atoms. The molecule has 0 radical (unpaired) electrons. The molecule has 0 aliphatic rings. The second-order valence-electron chi connectivity index (χ2n) is 3.79. The number of thiazole rings is 1. The van der Waals surface area contributed by atoms with Crippen LogP contribution in [0, 0.1) is 5.82 Å². The summed E-state index contributed by atoms with van der Waals surface area (Å²) in [7, 11) is 0. The molecule has 0 saturated heterocycles. The van der Waals surface area contributed by atoms with Crippen molar-refractivity contribution < 1.29 is 9.18 Å². The molecule has 3 aromatic heterocycles. The van der Waals surface area contributed by atoms with Gasteiger partial charge in [0.25, 0.3) is 0 Å². The number of pyridine rings is 1. The molecule has 0 fully saturated rings. The van der Waals surface area contributed by atoms with Crippen LogP contribution in [0.4, 0.5) is 4.39 Å². The zero-order chi connectivity index (χ0) is 12.5. The van der Waals surface area contributed by atoms with Crippen LogP contribution in [-0.2, 0) is 6.42 Å². The van der Waals surface area contributed by atoms with Crippen LogP contribution < -0.4 is 0 Å². The number of carbonyl (C=O) groups is 1. The first-order valence-electron chi connectivity index (χ1n) is 5.28. The van der Waals surface area contributed by atoms with Crippen LogP contribution in [0.2, 0.25) is 0 Å². The molecule has 90 valence electrons. The molecule has 0 N–H and O–H groups in total. The fourth-order valence-electron chi connectivity index (χ4n) is 1.66. The van der Waals surface area contributed by atoms with Crippen molar-refractivity contribution in [2.75, 3.05) is 0 Å². The van der Waals surface area contributed by atoms with Gasteiger partial charge in [-0.2, -0.15) is 0 Å². The van der Waals surface area contributed by atoms with E-state index in [1.54, 1.807) is 0 Å². The van der Waals surface area contributed by atoms with Crippen molar-refractivity contribution in [3.8, 4) is 0 Å². The van der Waals surface area contributed by atoms with E-state index >= 15 is 0 Å². The lowest BCUT2D eigenvalue weighted by atomic mass is 10.1. The van der Waals surface area contributed by atoms with Crippen LogP contribution in [0.25, 0.3) is 4.96 Å². The average molecular weight is 261 g/mol. The van der Waals surface area contributed by atoms with Gasteiger partial charge in [-0.15, -0.1) is 11.3 Å². The van der Waals surface area contributed by atoms with E-state index in [-0.39, 0.29) is 17.9 Å². The molecule has 0 unspecified atom stereocenters. The van der Waals surface area contributed by atoms with Gasteiger partial charge in [0, 0.05) is 17.8 Å². The highest BCUT2D eigenvalue weighted by atomic mass is 32.1. The Labute approximate surface area is 106 Å². The highest BCUT2D eigenvalue weighted by Gasteiger charge is 2.11. The Morgan fingerprint density at radius 2 is 2.33 bits per heavy atom. The van der Waals surface area contributed by atoms with Gasteiger partial charge < -0.3 is 0 Å². The van der Waals surface area contributed by atoms with Crippen LogP contribution >= 0.6 is 11.3 Å². The molecule has 3 heterocycles. The summed E-state index contributed by atoms with van der Waals surface area (Å²) in [5.41, 5.74) is 0.950. The average Bonchev–Trinajstić information content (AvgIpc) is 2.90. The van der Waals surface area contributed by atoms with Gasteiger partial charge in [-0.1, -0.05) is 0 Å². The standard InChI is InChI=1S/C12H8FN3OS/c13-8-1-2-10(14-6-8)11(17)5-9-7-16-3-4-18-12(16)15-9/h1-4,6-7H,5H2. The highest BCUT2D eigenvalue weighted by Crippen LogP contribution is 2.13. The Hall–Kier alpha value is -2.08. The molecule has 0 amide bonds. The number of halogens is 1. The molecule has 6 heteroatoms. The fraction of sp³-hybridized carbons (Fsp3) is 0.0833. The lowest BCUT2D eigenvalue weighted by molar-refractivity contribution is 0.0987. The molecule has 4 nitrogen and oxygen atoms in total. The maximum atomic E-state index is 12.7. The van der Waals surface area contributed by atoms with E-state index in [0.29, 0.717) is 5.69 Å². The number of carbonyl (C=O) groups excluding carboxylic acids is 1. The number of nitrogens with zero attached hydrogens (tertiary/aromatic N) is 3. The molecule has 0 atom stereocenters. The van der Waals surface area contributed by atoms with Crippen LogP contribution in [0.5, 0.6) is 0 Å². The number of Topliss-reactive ketones (excluding diaryl/α,β-unsaturated/α-hetero) is 1. The van der Waals surface area contributed by atoms with Crippen molar-refractivity contribution in [1.29, 1.82) is 0 Å². The highest BCUT2D eigenvalue weighted by molar-refractivity contribution is 7.15. The van der Waals surface area contributed by atoms with E-state index < -0.39 is 5.82 Å². The first kappa shape index (κ1) is 11.0. The van der Waals surface area contributed by atoms with Gasteiger partial charge in [0.05, 0.1) is 18.3 Å². The monoisotopic (exact) mass is 261 g/mol. The predicted octanol–water partition coefficient (Wildman–Crippen LogP) is 2.36. The molecule has 0 spiro atoms. The number of aromatic nitrogens is 3. The summed E-state index contributed by atoms with van der Waals surface area (Å²) in [5, 5.41) is 1.93. The van der Waals surface area contributed by atoms with Gasteiger partial charge in [0.15, 0.2) is 10.7 Å². The Balaban J connectivity index is 1.82. The summed E-state index contributed by atoms with van der Waals surface area (Å²) >= 11 is 1.51. The van der Waals surface area contributed by atoms with Crippen molar-refractivity contribution in [2.24, 2.45) is 0 Å². The van der Waals surface area contributed by atoms with Crippen molar-refractivity contribution in [2.45, 2.75) is 6.42 Å². The molecule has 0 saturated carbocycles. The fourth-order valence-corrected chi connectivity index (χ4v) is 2.38. The third kappa shape index (κ3) is 2.02. The third-order valence-electron chi connectivity index (χ3n) is 2.50. The number of ketones is 1. The van der Waals surface area contributed by atoms with E-state index in [2.05, 4.69) is 9.97 Å². The Morgan fingerprint density at radius 1 is 1.44 bits per heavy atom. The number of imidazole rings is 1. The molecular weight excluding hydrogens is 253 g/mol. The van der Waals surface area contributed by atoms with E-state index in [9.17, 15) is 9.18 Å². The number of fused-ring (bicyclic) bond motifs is 1. The molecule has 0 aliphatic heterocycles. The van der Waals surface area contributed by atoms with Crippen molar-refractivity contribution in [1.82, 2.24) is 14.4 Å². The summed E-state index contributed by atoms with van der Waals surface area (Å²) in [5.74, 6) is -0.616. The summed E-state index contributed by atoms with van der Waals surface area (Å²) in [4.78, 5) is 20.8. The van der Waals surface area contributed by atoms with E-state index in [1.165, 1.54) is 23.5 Å². The second-order valence-corrected chi connectivity index (χ2v) is 4.66. The smallest absolute Gasteiger partial charge is 0.193 e. The number of hydrogen-bond acceptors (Lipinski definition) is 4. The maximum absolute atomic E-state index is 12.7. The van der Waals surface area contributed by atoms with Gasteiger partial charge in [-0.25, -0.2) is 9.37 Å². The Bertz CT molecular complexity index is 673. The second kappa shape index (κ2) is 4.30. The first-order valence-corrected chi connectivity index (χ1v) is 6.16. The van der Waals surface area contributed by atoms with E-state index in [0.717, 1.165) is 11.2 Å². The predicted molar refractivity (Wildman–Crippen MR) is 65.3 cm³/mol. The maximum Gasteiger partial charge on any atom is 0.193 e. The van der Waals surface area contributed by atoms with Crippen molar-refractivity contribution in [3.05, 3.63) is 53.3 Å². The summed E-state index contributed by atoms with van der Waals surface area (Å²) in [6.45, 7) is 0. The molecular formula is C12H8FN3OS. The van der Waals surface area contributed by atoms with Gasteiger partial charge >= 0.3 is 0 Å². The zero-order valence-electron chi connectivity index (χ0n) is 9.21. The van der Waals surface area contributed by atoms with Gasteiger partial charge in [0.1, 0.15) is 11.5 Å². The molecule has 0 aliphatic carbocycles. The number of hydrogen-bond donors (Lipinski definition) is 0. The van der Waals surface area contributed by atoms with Crippen LogP contribution in [-0.4, -0.2) is 20.2 Å². The third-order valence-corrected chi connectivity index (χ3v) is 3.27. The molecule has 0 aromatic carbocycles. The van der Waals surface area contributed by atoms with Crippen LogP contribution in [0.1, 0.15) is 16.2 Å². The summed E-state index contributed by atoms with van der Waals surface area (Å²) < 4.78 is 14.6. The van der Waals surface area contributed by atoms with Gasteiger partial charge in [0.2, 0.25) is 0 Å². The number of rotatable bonds is 3. The lowest BCUT2D eigenvalue weighted by Gasteiger charge is -1.97. The Kier molecular flexibility index (Phi) is 2.64. The van der Waals surface area contributed by atoms with Gasteiger partial charge in [-0.3, -0.25) is 14.2 Å². The SMILES string of the molecule is O=C(Cc1cn2ccsc2n1)c1ccc(F)cn1. The van der Waals surface area contributed by atoms with Crippen LogP contribution in [0.3, 0.4) is 0 Å². The largest absolute Gasteiger partial charge is 0.297 e. The molecule has 3 aromatic rings. The normalized spacial score (nSPS) is 10.9. The van der Waals surface area contributed by atoms with Crippen molar-refractivity contribution >= 4 is 22.1 Å². The lowest BCUT2D eigenvalue weighted by Crippen LogP contribution is -2.06. The minimum absolute atomic E-state index is 0.166.